The minimum Gasteiger partial charge on any atom is -0.394 e. The molecule has 2 aromatic heterocycles. The van der Waals surface area contributed by atoms with Gasteiger partial charge in [0, 0.05) is 29.1 Å². The Morgan fingerprint density at radius 2 is 2.16 bits per heavy atom. The molecule has 1 amide bonds. The molecule has 1 fully saturated rings. The van der Waals surface area contributed by atoms with Crippen LogP contribution in [-0.2, 0) is 4.74 Å². The van der Waals surface area contributed by atoms with Crippen LogP contribution in [0.25, 0.3) is 11.2 Å². The molecule has 0 saturated carbocycles. The summed E-state index contributed by atoms with van der Waals surface area (Å²) in [5.41, 5.74) is 6.44. The second-order valence-corrected chi connectivity index (χ2v) is 6.38. The monoisotopic (exact) mass is 464 g/mol. The lowest BCUT2D eigenvalue weighted by Gasteiger charge is -2.18. The molecule has 12 heteroatoms. The van der Waals surface area contributed by atoms with Crippen molar-refractivity contribution < 1.29 is 24.9 Å². The van der Waals surface area contributed by atoms with Gasteiger partial charge in [-0.1, -0.05) is 0 Å². The maximum absolute atomic E-state index is 11.7. The Balaban J connectivity index is 2.09. The number of rotatable bonds is 4. The Hall–Kier alpha value is -1.61. The van der Waals surface area contributed by atoms with E-state index in [2.05, 4.69) is 15.0 Å². The van der Waals surface area contributed by atoms with Crippen molar-refractivity contribution in [2.45, 2.75) is 31.5 Å². The molecule has 1 saturated heterocycles. The van der Waals surface area contributed by atoms with E-state index in [1.807, 2.05) is 0 Å². The maximum Gasteiger partial charge on any atom is 0.289 e. The lowest BCUT2D eigenvalue weighted by Crippen LogP contribution is -2.33. The third-order valence-corrected chi connectivity index (χ3v) is 4.58. The summed E-state index contributed by atoms with van der Waals surface area (Å²) in [5, 5.41) is 29.3. The average molecular weight is 464 g/mol. The molecule has 136 valence electrons. The first-order valence-electron chi connectivity index (χ1n) is 7.48. The third-order valence-electron chi connectivity index (χ3n) is 4.00. The molecule has 0 radical (unpaired) electrons. The summed E-state index contributed by atoms with van der Waals surface area (Å²) in [5.74, 6) is 0.169. The van der Waals surface area contributed by atoms with Crippen LogP contribution < -0.4 is 10.6 Å². The minimum absolute atomic E-state index is 0.0709. The highest BCUT2D eigenvalue weighted by atomic mass is 127. The zero-order valence-electron chi connectivity index (χ0n) is 13.2. The molecule has 4 atom stereocenters. The number of nitrogens with two attached hydrogens (primary N) is 1. The van der Waals surface area contributed by atoms with E-state index in [1.54, 1.807) is 29.5 Å². The van der Waals surface area contributed by atoms with Gasteiger partial charge in [-0.15, -0.1) is 0 Å². The summed E-state index contributed by atoms with van der Waals surface area (Å²) in [4.78, 5) is 25.6. The number of ether oxygens (including phenoxy) is 1. The van der Waals surface area contributed by atoms with Crippen molar-refractivity contribution in [1.29, 1.82) is 0 Å². The van der Waals surface area contributed by atoms with Gasteiger partial charge in [0.1, 0.15) is 23.8 Å². The van der Waals surface area contributed by atoms with Crippen LogP contribution in [0.5, 0.6) is 0 Å². The number of fused-ring (bicyclic) bond motifs is 1. The number of nitrogens with zero attached hydrogens (tertiary/aromatic N) is 5. The summed E-state index contributed by atoms with van der Waals surface area (Å²) in [6, 6.07) is 0. The first-order chi connectivity index (χ1) is 11.9. The Kier molecular flexibility index (Phi) is 5.06. The van der Waals surface area contributed by atoms with Crippen LogP contribution >= 0.6 is 22.6 Å². The lowest BCUT2D eigenvalue weighted by molar-refractivity contribution is -0.0511. The molecule has 0 bridgehead atoms. The highest BCUT2D eigenvalue weighted by molar-refractivity contribution is 14.1. The number of hydrogen-bond donors (Lipinski definition) is 4. The Bertz CT molecular complexity index is 801. The Morgan fingerprint density at radius 1 is 1.44 bits per heavy atom. The second kappa shape index (κ2) is 6.95. The van der Waals surface area contributed by atoms with E-state index >= 15 is 0 Å². The van der Waals surface area contributed by atoms with E-state index < -0.39 is 31.1 Å². The molecule has 0 aromatic carbocycles. The van der Waals surface area contributed by atoms with E-state index in [0.29, 0.717) is 6.54 Å². The number of halogens is 1. The first kappa shape index (κ1) is 18.2. The fourth-order valence-corrected chi connectivity index (χ4v) is 3.24. The van der Waals surface area contributed by atoms with Gasteiger partial charge in [-0.05, 0) is 6.92 Å². The van der Waals surface area contributed by atoms with Crippen molar-refractivity contribution in [3.63, 3.8) is 0 Å². The third kappa shape index (κ3) is 3.03. The standard InChI is InChI=1S/C13H17IN6O5/c1-2-19(12(14)24)13-17-9(15)6-10(18-13)20(4-16-6)11-8(23)7(22)5(3-21)25-11/h4-5,7-8,11,21-23H,2-3H2,1H3,(H2,15,17,18)/t5-,7?,8?,11-/m1/s1. The molecule has 1 aliphatic rings. The van der Waals surface area contributed by atoms with E-state index in [4.69, 9.17) is 10.5 Å². The first-order valence-corrected chi connectivity index (χ1v) is 8.56. The zero-order chi connectivity index (χ0) is 18.3. The van der Waals surface area contributed by atoms with E-state index in [9.17, 15) is 20.1 Å². The number of amides is 1. The van der Waals surface area contributed by atoms with Gasteiger partial charge in [-0.2, -0.15) is 9.97 Å². The number of imidazole rings is 1. The van der Waals surface area contributed by atoms with Crippen LogP contribution in [0, 0.1) is 0 Å². The molecular formula is C13H17IN6O5. The SMILES string of the molecule is CCN(C(=O)I)c1nc(N)c2ncn([C@@H]3O[C@H](CO)C(O)C3O)c2n1. The number of aliphatic hydroxyl groups is 3. The van der Waals surface area contributed by atoms with Gasteiger partial charge in [-0.25, -0.2) is 4.98 Å². The molecule has 2 aromatic rings. The predicted octanol–water partition coefficient (Wildman–Crippen LogP) is -0.599. The van der Waals surface area contributed by atoms with Crippen LogP contribution in [-0.4, -0.2) is 70.2 Å². The number of aliphatic hydroxyl groups excluding tert-OH is 3. The smallest absolute Gasteiger partial charge is 0.289 e. The van der Waals surface area contributed by atoms with E-state index in [0.717, 1.165) is 0 Å². The van der Waals surface area contributed by atoms with Crippen molar-refractivity contribution in [3.8, 4) is 0 Å². The van der Waals surface area contributed by atoms with Gasteiger partial charge < -0.3 is 25.8 Å². The van der Waals surface area contributed by atoms with Crippen molar-refractivity contribution in [2.75, 3.05) is 23.8 Å². The lowest BCUT2D eigenvalue weighted by atomic mass is 10.1. The van der Waals surface area contributed by atoms with Gasteiger partial charge in [0.2, 0.25) is 5.95 Å². The number of carbonyl (C=O) groups excluding carboxylic acids is 1. The molecule has 3 heterocycles. The molecule has 25 heavy (non-hydrogen) atoms. The summed E-state index contributed by atoms with van der Waals surface area (Å²) in [6.07, 6.45) is -3.14. The second-order valence-electron chi connectivity index (χ2n) is 5.46. The maximum atomic E-state index is 11.7. The van der Waals surface area contributed by atoms with Crippen molar-refractivity contribution >= 4 is 49.4 Å². The molecule has 3 rings (SSSR count). The molecule has 1 aliphatic heterocycles. The van der Waals surface area contributed by atoms with Gasteiger partial charge >= 0.3 is 0 Å². The van der Waals surface area contributed by atoms with Crippen molar-refractivity contribution in [2.24, 2.45) is 0 Å². The normalized spacial score (nSPS) is 26.3. The fourth-order valence-electron chi connectivity index (χ4n) is 2.69. The van der Waals surface area contributed by atoms with Crippen LogP contribution in [0.3, 0.4) is 0 Å². The van der Waals surface area contributed by atoms with Gasteiger partial charge in [-0.3, -0.25) is 14.3 Å². The Morgan fingerprint density at radius 3 is 2.72 bits per heavy atom. The summed E-state index contributed by atoms with van der Waals surface area (Å²) in [6.45, 7) is 1.66. The fraction of sp³-hybridized carbons (Fsp3) is 0.538. The molecule has 11 nitrogen and oxygen atoms in total. The minimum atomic E-state index is -1.29. The van der Waals surface area contributed by atoms with Crippen molar-refractivity contribution in [1.82, 2.24) is 19.5 Å². The Labute approximate surface area is 155 Å². The van der Waals surface area contributed by atoms with Crippen LogP contribution in [0.2, 0.25) is 0 Å². The highest BCUT2D eigenvalue weighted by Crippen LogP contribution is 2.32. The predicted molar refractivity (Wildman–Crippen MR) is 95.2 cm³/mol. The molecule has 5 N–H and O–H groups in total. The number of carbonyl (C=O) groups is 1. The summed E-state index contributed by atoms with van der Waals surface area (Å²) in [7, 11) is 0. The quantitative estimate of drug-likeness (QED) is 0.263. The van der Waals surface area contributed by atoms with Gasteiger partial charge in [0.25, 0.3) is 3.91 Å². The van der Waals surface area contributed by atoms with Crippen LogP contribution in [0.4, 0.5) is 16.6 Å². The van der Waals surface area contributed by atoms with Gasteiger partial charge in [0.05, 0.1) is 12.9 Å². The largest absolute Gasteiger partial charge is 0.394 e. The molecule has 0 aliphatic carbocycles. The zero-order valence-corrected chi connectivity index (χ0v) is 15.3. The molecule has 0 spiro atoms. The summed E-state index contributed by atoms with van der Waals surface area (Å²) < 4.78 is 6.61. The highest BCUT2D eigenvalue weighted by Gasteiger charge is 2.44. The number of aromatic nitrogens is 4. The van der Waals surface area contributed by atoms with E-state index in [1.165, 1.54) is 15.8 Å². The van der Waals surface area contributed by atoms with E-state index in [-0.39, 0.29) is 26.8 Å². The van der Waals surface area contributed by atoms with Gasteiger partial charge in [0.15, 0.2) is 17.7 Å². The molecular weight excluding hydrogens is 447 g/mol. The number of hydrogen-bond acceptors (Lipinski definition) is 9. The number of anilines is 2. The average Bonchev–Trinajstić information content (AvgIpc) is 3.10. The topological polar surface area (TPSA) is 160 Å². The van der Waals surface area contributed by atoms with Crippen LogP contribution in [0.1, 0.15) is 13.2 Å². The summed E-state index contributed by atoms with van der Waals surface area (Å²) >= 11 is 1.62. The van der Waals surface area contributed by atoms with Crippen molar-refractivity contribution in [3.05, 3.63) is 6.33 Å². The molecule has 2 unspecified atom stereocenters. The van der Waals surface area contributed by atoms with Crippen LogP contribution in [0.15, 0.2) is 6.33 Å². The number of nitrogen functional groups attached to an aromatic ring is 1.